The van der Waals surface area contributed by atoms with E-state index in [0.717, 1.165) is 57.8 Å². The molecule has 474 valence electrons. The molecule has 1 saturated heterocycles. The number of carbonyl (C=O) groups is 2. The molecule has 11 nitrogen and oxygen atoms in total. The number of ether oxygens (including phenoxy) is 3. The normalized spacial score (nSPS) is 18.7. The summed E-state index contributed by atoms with van der Waals surface area (Å²) in [6.07, 6.45) is 56.8. The minimum Gasteiger partial charge on any atom is -0.454 e. The highest BCUT2D eigenvalue weighted by Crippen LogP contribution is 2.26. The Balaban J connectivity index is 2.58. The summed E-state index contributed by atoms with van der Waals surface area (Å²) in [6, 6.07) is -1.02. The van der Waals surface area contributed by atoms with Crippen molar-refractivity contribution in [2.24, 2.45) is 0 Å². The molecule has 0 aromatic heterocycles. The minimum atomic E-state index is -1.61. The zero-order chi connectivity index (χ0) is 58.2. The van der Waals surface area contributed by atoms with Gasteiger partial charge in [-0.15, -0.1) is 0 Å². The molecular formula is C69H133NO10. The number of allylic oxidation sites excluding steroid dienone is 1. The van der Waals surface area contributed by atoms with Crippen LogP contribution in [0, 0.1) is 0 Å². The number of nitrogens with one attached hydrogen (secondary N) is 1. The van der Waals surface area contributed by atoms with Crippen molar-refractivity contribution in [1.29, 1.82) is 0 Å². The SMILES string of the molecule is CCCCCCCCCCCC/C=C/C(O)C(COC1OC(CO)C(O)C(O)C1OC(=O)CCCCCCCCCCCCCCCCCCCCCCC)NC(=O)C(O)CCCCCCCCCCCCCCCCCCCC. The first kappa shape index (κ1) is 76.4. The van der Waals surface area contributed by atoms with Gasteiger partial charge < -0.3 is 45.1 Å². The van der Waals surface area contributed by atoms with E-state index in [9.17, 15) is 35.1 Å². The molecule has 0 aliphatic carbocycles. The molecule has 0 aromatic carbocycles. The van der Waals surface area contributed by atoms with Gasteiger partial charge in [0.1, 0.15) is 24.4 Å². The molecule has 0 bridgehead atoms. The number of aliphatic hydroxyl groups excluding tert-OH is 5. The van der Waals surface area contributed by atoms with E-state index in [-0.39, 0.29) is 13.0 Å². The molecule has 8 atom stereocenters. The average molecular weight is 1140 g/mol. The number of esters is 1. The predicted molar refractivity (Wildman–Crippen MR) is 334 cm³/mol. The first-order chi connectivity index (χ1) is 39.2. The van der Waals surface area contributed by atoms with Crippen LogP contribution in [0.5, 0.6) is 0 Å². The number of hydrogen-bond donors (Lipinski definition) is 6. The van der Waals surface area contributed by atoms with Crippen molar-refractivity contribution >= 4 is 11.9 Å². The van der Waals surface area contributed by atoms with Crippen molar-refractivity contribution in [2.45, 2.75) is 404 Å². The van der Waals surface area contributed by atoms with Gasteiger partial charge in [0.15, 0.2) is 12.4 Å². The van der Waals surface area contributed by atoms with E-state index in [1.54, 1.807) is 6.08 Å². The van der Waals surface area contributed by atoms with Crippen molar-refractivity contribution in [3.05, 3.63) is 12.2 Å². The van der Waals surface area contributed by atoms with E-state index in [2.05, 4.69) is 26.1 Å². The highest BCUT2D eigenvalue weighted by atomic mass is 16.7. The molecule has 0 spiro atoms. The average Bonchev–Trinajstić information content (AvgIpc) is 3.45. The molecule has 0 radical (unpaired) electrons. The Bertz CT molecular complexity index is 1350. The van der Waals surface area contributed by atoms with E-state index in [1.807, 2.05) is 6.08 Å². The summed E-state index contributed by atoms with van der Waals surface area (Å²) in [5.41, 5.74) is 0. The van der Waals surface area contributed by atoms with E-state index in [4.69, 9.17) is 14.2 Å². The quantitative estimate of drug-likeness (QED) is 0.0195. The first-order valence-corrected chi connectivity index (χ1v) is 35.0. The maximum absolute atomic E-state index is 13.5. The van der Waals surface area contributed by atoms with Crippen molar-refractivity contribution in [1.82, 2.24) is 5.32 Å². The summed E-state index contributed by atoms with van der Waals surface area (Å²) >= 11 is 0. The molecule has 1 aliphatic rings. The molecule has 8 unspecified atom stereocenters. The van der Waals surface area contributed by atoms with E-state index < -0.39 is 67.4 Å². The summed E-state index contributed by atoms with van der Waals surface area (Å²) in [5.74, 6) is -1.17. The maximum Gasteiger partial charge on any atom is 0.306 e. The molecule has 1 heterocycles. The Morgan fingerprint density at radius 2 is 0.812 bits per heavy atom. The lowest BCUT2D eigenvalue weighted by molar-refractivity contribution is -0.305. The van der Waals surface area contributed by atoms with Crippen LogP contribution in [0.2, 0.25) is 0 Å². The van der Waals surface area contributed by atoms with Gasteiger partial charge in [-0.3, -0.25) is 9.59 Å². The van der Waals surface area contributed by atoms with Crippen molar-refractivity contribution in [3.8, 4) is 0 Å². The van der Waals surface area contributed by atoms with Crippen LogP contribution >= 0.6 is 0 Å². The summed E-state index contributed by atoms with van der Waals surface area (Å²) in [5, 5.41) is 57.2. The van der Waals surface area contributed by atoms with Crippen LogP contribution in [0.3, 0.4) is 0 Å². The lowest BCUT2D eigenvalue weighted by Crippen LogP contribution is -2.61. The second kappa shape index (κ2) is 57.8. The molecule has 1 rings (SSSR count). The number of amides is 1. The van der Waals surface area contributed by atoms with Crippen LogP contribution in [0.25, 0.3) is 0 Å². The van der Waals surface area contributed by atoms with Gasteiger partial charge >= 0.3 is 5.97 Å². The summed E-state index contributed by atoms with van der Waals surface area (Å²) < 4.78 is 17.7. The molecule has 0 saturated carbocycles. The van der Waals surface area contributed by atoms with Gasteiger partial charge in [0, 0.05) is 6.42 Å². The van der Waals surface area contributed by atoms with E-state index in [1.165, 1.54) is 250 Å². The zero-order valence-electron chi connectivity index (χ0n) is 52.7. The third kappa shape index (κ3) is 44.9. The Morgan fingerprint density at radius 1 is 0.475 bits per heavy atom. The summed E-state index contributed by atoms with van der Waals surface area (Å²) in [4.78, 5) is 26.6. The number of rotatable bonds is 61. The number of hydrogen-bond acceptors (Lipinski definition) is 10. The zero-order valence-corrected chi connectivity index (χ0v) is 52.7. The molecule has 80 heavy (non-hydrogen) atoms. The standard InChI is InChI=1S/C69H133NO10/c1-4-7-10-13-16-19-22-25-27-29-31-32-33-35-37-39-42-45-48-51-54-57-64(74)80-67-66(76)65(75)63(58-71)79-69(67)78-59-60(61(72)55-52-49-46-43-40-24-21-18-15-12-9-6-3)70-68(77)62(73)56-53-50-47-44-41-38-36-34-30-28-26-23-20-17-14-11-8-5-2/h52,55,60-63,65-67,69,71-73,75-76H,4-51,53-54,56-59H2,1-3H3,(H,70,77)/b55-52+. The molecule has 11 heteroatoms. The van der Waals surface area contributed by atoms with Crippen LogP contribution in [-0.4, -0.2) is 99.6 Å². The summed E-state index contributed by atoms with van der Waals surface area (Å²) in [7, 11) is 0. The molecule has 1 amide bonds. The Labute approximate surface area is 493 Å². The third-order valence-electron chi connectivity index (χ3n) is 16.9. The Hall–Kier alpha value is -1.60. The fourth-order valence-corrected chi connectivity index (χ4v) is 11.4. The fourth-order valence-electron chi connectivity index (χ4n) is 11.4. The Morgan fingerprint density at radius 3 is 1.18 bits per heavy atom. The minimum absolute atomic E-state index is 0.132. The van der Waals surface area contributed by atoms with Crippen molar-refractivity contribution in [2.75, 3.05) is 13.2 Å². The lowest BCUT2D eigenvalue weighted by atomic mass is 9.99. The van der Waals surface area contributed by atoms with Crippen LogP contribution in [-0.2, 0) is 23.8 Å². The van der Waals surface area contributed by atoms with Gasteiger partial charge in [0.2, 0.25) is 5.91 Å². The van der Waals surface area contributed by atoms with Crippen molar-refractivity contribution < 1.29 is 49.3 Å². The van der Waals surface area contributed by atoms with E-state index >= 15 is 0 Å². The Kier molecular flexibility index (Phi) is 55.2. The second-order valence-corrected chi connectivity index (χ2v) is 24.6. The molecule has 1 fully saturated rings. The van der Waals surface area contributed by atoms with Crippen LogP contribution in [0.1, 0.15) is 355 Å². The molecule has 0 aromatic rings. The highest BCUT2D eigenvalue weighted by molar-refractivity contribution is 5.80. The number of aliphatic hydroxyl groups is 5. The van der Waals surface area contributed by atoms with Crippen molar-refractivity contribution in [3.63, 3.8) is 0 Å². The topological polar surface area (TPSA) is 175 Å². The van der Waals surface area contributed by atoms with Gasteiger partial charge in [-0.25, -0.2) is 0 Å². The van der Waals surface area contributed by atoms with Gasteiger partial charge in [0.25, 0.3) is 0 Å². The maximum atomic E-state index is 13.5. The molecule has 6 N–H and O–H groups in total. The van der Waals surface area contributed by atoms with Crippen LogP contribution < -0.4 is 5.32 Å². The number of unbranched alkanes of at least 4 members (excludes halogenated alkanes) is 47. The molecule has 1 aliphatic heterocycles. The van der Waals surface area contributed by atoms with Gasteiger partial charge in [-0.1, -0.05) is 335 Å². The number of carbonyl (C=O) groups excluding carboxylic acids is 2. The predicted octanol–water partition coefficient (Wildman–Crippen LogP) is 17.5. The monoisotopic (exact) mass is 1140 g/mol. The van der Waals surface area contributed by atoms with E-state index in [0.29, 0.717) is 19.3 Å². The van der Waals surface area contributed by atoms with Crippen LogP contribution in [0.15, 0.2) is 12.2 Å². The largest absolute Gasteiger partial charge is 0.454 e. The summed E-state index contributed by atoms with van der Waals surface area (Å²) in [6.45, 7) is 5.85. The lowest BCUT2D eigenvalue weighted by Gasteiger charge is -2.41. The van der Waals surface area contributed by atoms with Gasteiger partial charge in [-0.05, 0) is 25.7 Å². The fraction of sp³-hybridized carbons (Fsp3) is 0.942. The van der Waals surface area contributed by atoms with Crippen LogP contribution in [0.4, 0.5) is 0 Å². The van der Waals surface area contributed by atoms with Gasteiger partial charge in [0.05, 0.1) is 25.4 Å². The first-order valence-electron chi connectivity index (χ1n) is 35.0. The highest BCUT2D eigenvalue weighted by Gasteiger charge is 2.47. The van der Waals surface area contributed by atoms with Gasteiger partial charge in [-0.2, -0.15) is 0 Å². The third-order valence-corrected chi connectivity index (χ3v) is 16.9. The smallest absolute Gasteiger partial charge is 0.306 e. The molecular weight excluding hydrogens is 1000 g/mol. The second-order valence-electron chi connectivity index (χ2n) is 24.6.